The Labute approximate surface area is 103 Å². The number of phenols is 1. The maximum atomic E-state index is 11.7. The van der Waals surface area contributed by atoms with Crippen LogP contribution in [-0.2, 0) is 4.74 Å². The first-order chi connectivity index (χ1) is 8.20. The molecule has 3 N–H and O–H groups in total. The van der Waals surface area contributed by atoms with Crippen molar-refractivity contribution in [2.75, 3.05) is 6.61 Å². The molecule has 0 spiro atoms. The highest BCUT2D eigenvalue weighted by Gasteiger charge is 2.18. The Morgan fingerprint density at radius 1 is 1.33 bits per heavy atom. The number of hydrogen-bond acceptors (Lipinski definition) is 5. The van der Waals surface area contributed by atoms with Gasteiger partial charge in [-0.25, -0.2) is 4.79 Å². The zero-order valence-electron chi connectivity index (χ0n) is 10.0. The van der Waals surface area contributed by atoms with Gasteiger partial charge in [0.25, 0.3) is 0 Å². The van der Waals surface area contributed by atoms with Gasteiger partial charge in [-0.2, -0.15) is 0 Å². The lowest BCUT2D eigenvalue weighted by molar-refractivity contribution is -0.167. The lowest BCUT2D eigenvalue weighted by Gasteiger charge is -2.17. The Morgan fingerprint density at radius 2 is 1.94 bits per heavy atom. The number of carbonyl (C=O) groups is 2. The molecule has 0 saturated carbocycles. The molecule has 0 atom stereocenters. The van der Waals surface area contributed by atoms with E-state index in [-0.39, 0.29) is 17.7 Å². The molecule has 18 heavy (non-hydrogen) atoms. The number of Topliss-reactive ketones (excluding diaryl/α,β-unsaturated/α-hetero) is 1. The number of ether oxygens (including phenoxy) is 1. The molecule has 0 unspecified atom stereocenters. The van der Waals surface area contributed by atoms with Crippen LogP contribution in [0.1, 0.15) is 34.6 Å². The van der Waals surface area contributed by atoms with E-state index in [1.54, 1.807) is 0 Å². The van der Waals surface area contributed by atoms with Crippen molar-refractivity contribution in [3.63, 3.8) is 0 Å². The number of aliphatic hydroxyl groups is 1. The number of carboxylic acid groups (broad SMARTS) is 1. The molecule has 6 nitrogen and oxygen atoms in total. The second kappa shape index (κ2) is 5.16. The van der Waals surface area contributed by atoms with E-state index in [9.17, 15) is 19.8 Å². The molecule has 0 bridgehead atoms. The summed E-state index contributed by atoms with van der Waals surface area (Å²) in [7, 11) is 0. The fourth-order valence-corrected chi connectivity index (χ4v) is 1.21. The predicted molar refractivity (Wildman–Crippen MR) is 61.6 cm³/mol. The van der Waals surface area contributed by atoms with E-state index in [0.717, 1.165) is 12.1 Å². The van der Waals surface area contributed by atoms with Crippen LogP contribution in [0.4, 0.5) is 0 Å². The molecule has 0 saturated heterocycles. The van der Waals surface area contributed by atoms with E-state index in [0.29, 0.717) is 0 Å². The fraction of sp³-hybridized carbons (Fsp3) is 0.333. The van der Waals surface area contributed by atoms with E-state index in [2.05, 4.69) is 0 Å². The van der Waals surface area contributed by atoms with Crippen molar-refractivity contribution in [3.8, 4) is 5.75 Å². The molecule has 1 aromatic carbocycles. The quantitative estimate of drug-likeness (QED) is 0.535. The summed E-state index contributed by atoms with van der Waals surface area (Å²) in [5.74, 6) is -3.67. The van der Waals surface area contributed by atoms with Crippen molar-refractivity contribution in [2.45, 2.75) is 19.6 Å². The van der Waals surface area contributed by atoms with Gasteiger partial charge in [0.05, 0.1) is 0 Å². The van der Waals surface area contributed by atoms with Gasteiger partial charge in [-0.1, -0.05) is 0 Å². The summed E-state index contributed by atoms with van der Waals surface area (Å²) in [6.45, 7) is 2.37. The molecule has 1 aromatic rings. The van der Waals surface area contributed by atoms with Crippen molar-refractivity contribution in [1.29, 1.82) is 0 Å². The number of ketones is 1. The van der Waals surface area contributed by atoms with Crippen LogP contribution >= 0.6 is 0 Å². The zero-order chi connectivity index (χ0) is 13.9. The van der Waals surface area contributed by atoms with Gasteiger partial charge in [-0.05, 0) is 32.0 Å². The normalized spacial score (nSPS) is 11.3. The highest BCUT2D eigenvalue weighted by Crippen LogP contribution is 2.19. The molecule has 98 valence electrons. The monoisotopic (exact) mass is 254 g/mol. The van der Waals surface area contributed by atoms with Gasteiger partial charge >= 0.3 is 5.97 Å². The zero-order valence-corrected chi connectivity index (χ0v) is 10.0. The maximum Gasteiger partial charge on any atom is 0.339 e. The smallest absolute Gasteiger partial charge is 0.339 e. The van der Waals surface area contributed by atoms with Crippen molar-refractivity contribution >= 4 is 11.8 Å². The van der Waals surface area contributed by atoms with Gasteiger partial charge in [0.1, 0.15) is 17.9 Å². The van der Waals surface area contributed by atoms with E-state index in [1.165, 1.54) is 19.9 Å². The van der Waals surface area contributed by atoms with E-state index in [1.807, 2.05) is 0 Å². The number of aromatic hydroxyl groups is 1. The summed E-state index contributed by atoms with van der Waals surface area (Å²) in [5, 5.41) is 27.4. The number of benzene rings is 1. The fourth-order valence-electron chi connectivity index (χ4n) is 1.21. The first kappa shape index (κ1) is 14.1. The first-order valence-corrected chi connectivity index (χ1v) is 5.16. The van der Waals surface area contributed by atoms with E-state index < -0.39 is 23.3 Å². The molecule has 6 heteroatoms. The van der Waals surface area contributed by atoms with Crippen LogP contribution < -0.4 is 0 Å². The SMILES string of the molecule is CC(C)(O)OCC(=O)c1ccc(O)c(C(=O)O)c1. The van der Waals surface area contributed by atoms with Crippen molar-refractivity contribution in [3.05, 3.63) is 29.3 Å². The lowest BCUT2D eigenvalue weighted by Crippen LogP contribution is -2.26. The molecule has 0 radical (unpaired) electrons. The van der Waals surface area contributed by atoms with Crippen LogP contribution in [0.15, 0.2) is 18.2 Å². The van der Waals surface area contributed by atoms with Crippen molar-refractivity contribution in [2.24, 2.45) is 0 Å². The van der Waals surface area contributed by atoms with Gasteiger partial charge in [0.15, 0.2) is 11.6 Å². The van der Waals surface area contributed by atoms with Crippen LogP contribution in [-0.4, -0.2) is 39.5 Å². The average Bonchev–Trinajstić information content (AvgIpc) is 2.25. The van der Waals surface area contributed by atoms with Gasteiger partial charge in [0, 0.05) is 5.56 Å². The largest absolute Gasteiger partial charge is 0.507 e. The van der Waals surface area contributed by atoms with Crippen LogP contribution in [0, 0.1) is 0 Å². The molecule has 0 fully saturated rings. The molecular weight excluding hydrogens is 240 g/mol. The first-order valence-electron chi connectivity index (χ1n) is 5.16. The number of aromatic carboxylic acids is 1. The summed E-state index contributed by atoms with van der Waals surface area (Å²) in [6.07, 6.45) is 0. The number of carboxylic acids is 1. The van der Waals surface area contributed by atoms with E-state index >= 15 is 0 Å². The number of rotatable bonds is 5. The Kier molecular flexibility index (Phi) is 4.05. The Balaban J connectivity index is 2.87. The summed E-state index contributed by atoms with van der Waals surface area (Å²) >= 11 is 0. The lowest BCUT2D eigenvalue weighted by atomic mass is 10.1. The van der Waals surface area contributed by atoms with Crippen LogP contribution in [0.25, 0.3) is 0 Å². The third-order valence-corrected chi connectivity index (χ3v) is 2.11. The molecule has 0 heterocycles. The van der Waals surface area contributed by atoms with Gasteiger partial charge in [-0.15, -0.1) is 0 Å². The molecule has 0 aliphatic rings. The van der Waals surface area contributed by atoms with Crippen molar-refractivity contribution in [1.82, 2.24) is 0 Å². The molecule has 0 aliphatic heterocycles. The third kappa shape index (κ3) is 3.83. The highest BCUT2D eigenvalue weighted by atomic mass is 16.6. The Bertz CT molecular complexity index is 472. The second-order valence-electron chi connectivity index (χ2n) is 4.20. The Hall–Kier alpha value is -1.92. The Morgan fingerprint density at radius 3 is 2.44 bits per heavy atom. The van der Waals surface area contributed by atoms with E-state index in [4.69, 9.17) is 9.84 Å². The van der Waals surface area contributed by atoms with Gasteiger partial charge < -0.3 is 20.1 Å². The maximum absolute atomic E-state index is 11.7. The third-order valence-electron chi connectivity index (χ3n) is 2.11. The van der Waals surface area contributed by atoms with Crippen LogP contribution in [0.3, 0.4) is 0 Å². The van der Waals surface area contributed by atoms with Crippen molar-refractivity contribution < 1.29 is 29.6 Å². The van der Waals surface area contributed by atoms with Gasteiger partial charge in [0.2, 0.25) is 0 Å². The standard InChI is InChI=1S/C12H14O6/c1-12(2,17)18-6-10(14)7-3-4-9(13)8(5-7)11(15)16/h3-5,13,17H,6H2,1-2H3,(H,15,16). The van der Waals surface area contributed by atoms with Gasteiger partial charge in [-0.3, -0.25) is 4.79 Å². The molecule has 0 aromatic heterocycles. The molecule has 1 rings (SSSR count). The second-order valence-corrected chi connectivity index (χ2v) is 4.20. The summed E-state index contributed by atoms with van der Waals surface area (Å²) < 4.78 is 4.87. The average molecular weight is 254 g/mol. The summed E-state index contributed by atoms with van der Waals surface area (Å²) in [5.41, 5.74) is -0.265. The molecule has 0 aliphatic carbocycles. The number of carbonyl (C=O) groups excluding carboxylic acids is 1. The molecular formula is C12H14O6. The topological polar surface area (TPSA) is 104 Å². The minimum atomic E-state index is -1.44. The highest BCUT2D eigenvalue weighted by molar-refractivity contribution is 6.00. The number of hydrogen-bond donors (Lipinski definition) is 3. The minimum Gasteiger partial charge on any atom is -0.507 e. The predicted octanol–water partition coefficient (Wildman–Crippen LogP) is 1.02. The minimum absolute atomic E-state index is 0.0921. The molecule has 0 amide bonds. The van der Waals surface area contributed by atoms with Crippen LogP contribution in [0.5, 0.6) is 5.75 Å². The summed E-state index contributed by atoms with van der Waals surface area (Å²) in [4.78, 5) is 22.4. The summed E-state index contributed by atoms with van der Waals surface area (Å²) in [6, 6.07) is 3.48. The van der Waals surface area contributed by atoms with Crippen LogP contribution in [0.2, 0.25) is 0 Å².